The minimum absolute atomic E-state index is 0.0231. The van der Waals surface area contributed by atoms with Crippen LogP contribution < -0.4 is 11.1 Å². The molecule has 31 heavy (non-hydrogen) atoms. The molecule has 8 heteroatoms. The van der Waals surface area contributed by atoms with Gasteiger partial charge in [-0.2, -0.15) is 5.26 Å². The van der Waals surface area contributed by atoms with Crippen molar-refractivity contribution in [3.05, 3.63) is 59.7 Å². The van der Waals surface area contributed by atoms with Crippen LogP contribution in [-0.2, 0) is 4.79 Å². The van der Waals surface area contributed by atoms with E-state index in [1.54, 1.807) is 35.9 Å². The molecule has 2 atom stereocenters. The number of hydrogen-bond acceptors (Lipinski definition) is 6. The average molecular weight is 434 g/mol. The van der Waals surface area contributed by atoms with Crippen molar-refractivity contribution in [1.29, 1.82) is 5.26 Å². The zero-order valence-corrected chi connectivity index (χ0v) is 17.9. The van der Waals surface area contributed by atoms with Gasteiger partial charge < -0.3 is 11.1 Å². The molecule has 2 unspecified atom stereocenters. The highest BCUT2D eigenvalue weighted by Gasteiger charge is 2.19. The number of pyridine rings is 1. The molecular formula is C23H23N5O2S. The summed E-state index contributed by atoms with van der Waals surface area (Å²) in [4.78, 5) is 32.6. The van der Waals surface area contributed by atoms with Crippen molar-refractivity contribution < 1.29 is 9.59 Å². The van der Waals surface area contributed by atoms with Crippen LogP contribution in [0.5, 0.6) is 0 Å². The number of nitriles is 1. The van der Waals surface area contributed by atoms with E-state index in [2.05, 4.69) is 15.3 Å². The number of amides is 2. The first-order valence-corrected chi connectivity index (χ1v) is 10.8. The van der Waals surface area contributed by atoms with E-state index in [1.165, 1.54) is 0 Å². The second-order valence-electron chi connectivity index (χ2n) is 7.37. The molecule has 0 saturated heterocycles. The first-order valence-electron chi connectivity index (χ1n) is 9.88. The first kappa shape index (κ1) is 22.1. The van der Waals surface area contributed by atoms with E-state index in [-0.39, 0.29) is 18.2 Å². The largest absolute Gasteiger partial charge is 0.369 e. The third-order valence-electron chi connectivity index (χ3n) is 4.89. The van der Waals surface area contributed by atoms with Crippen molar-refractivity contribution in [3.8, 4) is 27.9 Å². The molecule has 0 aliphatic carbocycles. The quantitative estimate of drug-likeness (QED) is 0.533. The Morgan fingerprint density at radius 1 is 1.23 bits per heavy atom. The molecule has 2 amide bonds. The van der Waals surface area contributed by atoms with Crippen LogP contribution in [0.25, 0.3) is 21.8 Å². The van der Waals surface area contributed by atoms with Crippen LogP contribution in [0.15, 0.2) is 54.2 Å². The lowest BCUT2D eigenvalue weighted by Gasteiger charge is -2.16. The fourth-order valence-corrected chi connectivity index (χ4v) is 3.99. The minimum Gasteiger partial charge on any atom is -0.369 e. The summed E-state index contributed by atoms with van der Waals surface area (Å²) in [5.41, 5.74) is 8.62. The van der Waals surface area contributed by atoms with Gasteiger partial charge in [0.25, 0.3) is 5.91 Å². The molecule has 0 fully saturated rings. The smallest absolute Gasteiger partial charge is 0.251 e. The maximum absolute atomic E-state index is 12.5. The number of nitrogens with two attached hydrogens (primary N) is 1. The maximum atomic E-state index is 12.5. The summed E-state index contributed by atoms with van der Waals surface area (Å²) >= 11 is 1.55. The third-order valence-corrected chi connectivity index (χ3v) is 5.78. The van der Waals surface area contributed by atoms with E-state index >= 15 is 0 Å². The first-order chi connectivity index (χ1) is 15.0. The van der Waals surface area contributed by atoms with E-state index in [9.17, 15) is 9.59 Å². The number of nitrogens with one attached hydrogen (secondary N) is 1. The van der Waals surface area contributed by atoms with Gasteiger partial charge in [-0.25, -0.2) is 4.98 Å². The van der Waals surface area contributed by atoms with E-state index in [0.29, 0.717) is 18.5 Å². The maximum Gasteiger partial charge on any atom is 0.251 e. The van der Waals surface area contributed by atoms with Crippen LogP contribution in [0.3, 0.4) is 0 Å². The average Bonchev–Trinajstić information content (AvgIpc) is 3.28. The summed E-state index contributed by atoms with van der Waals surface area (Å²) in [5, 5.41) is 14.5. The fourth-order valence-electron chi connectivity index (χ4n) is 3.17. The van der Waals surface area contributed by atoms with E-state index < -0.39 is 11.8 Å². The van der Waals surface area contributed by atoms with Gasteiger partial charge in [-0.3, -0.25) is 14.6 Å². The van der Waals surface area contributed by atoms with Gasteiger partial charge in [0.1, 0.15) is 5.01 Å². The van der Waals surface area contributed by atoms with Crippen LogP contribution in [0.2, 0.25) is 0 Å². The number of carbonyl (C=O) groups is 2. The normalized spacial score (nSPS) is 12.5. The summed E-state index contributed by atoms with van der Waals surface area (Å²) in [7, 11) is 0. The highest BCUT2D eigenvalue weighted by atomic mass is 32.1. The molecule has 0 aliphatic heterocycles. The highest BCUT2D eigenvalue weighted by molar-refractivity contribution is 7.13. The molecular weight excluding hydrogens is 410 g/mol. The van der Waals surface area contributed by atoms with Gasteiger partial charge >= 0.3 is 0 Å². The SMILES string of the molecule is CC(CNC(=O)c1ccc(-c2csc(-c3cccnc3)n2)cc1)CC(CC#N)C(N)=O. The monoisotopic (exact) mass is 433 g/mol. The van der Waals surface area contributed by atoms with Crippen molar-refractivity contribution in [2.45, 2.75) is 19.8 Å². The molecule has 0 aliphatic rings. The predicted octanol–water partition coefficient (Wildman–Crippen LogP) is 3.64. The van der Waals surface area contributed by atoms with E-state index in [1.807, 2.05) is 42.6 Å². The van der Waals surface area contributed by atoms with Crippen molar-refractivity contribution in [2.24, 2.45) is 17.6 Å². The van der Waals surface area contributed by atoms with Gasteiger partial charge in [0.2, 0.25) is 5.91 Å². The topological polar surface area (TPSA) is 122 Å². The van der Waals surface area contributed by atoms with Crippen LogP contribution in [0.4, 0.5) is 0 Å². The molecule has 0 radical (unpaired) electrons. The Balaban J connectivity index is 1.57. The number of aromatic nitrogens is 2. The van der Waals surface area contributed by atoms with Crippen molar-refractivity contribution in [1.82, 2.24) is 15.3 Å². The lowest BCUT2D eigenvalue weighted by Crippen LogP contribution is -2.31. The summed E-state index contributed by atoms with van der Waals surface area (Å²) < 4.78 is 0. The molecule has 3 rings (SSSR count). The Labute approximate surface area is 185 Å². The lowest BCUT2D eigenvalue weighted by molar-refractivity contribution is -0.122. The summed E-state index contributed by atoms with van der Waals surface area (Å²) in [5.74, 6) is -1.14. The Hall–Kier alpha value is -3.57. The van der Waals surface area contributed by atoms with Gasteiger partial charge in [-0.1, -0.05) is 19.1 Å². The second kappa shape index (κ2) is 10.5. The van der Waals surface area contributed by atoms with Gasteiger partial charge in [-0.15, -0.1) is 11.3 Å². The van der Waals surface area contributed by atoms with Crippen molar-refractivity contribution >= 4 is 23.2 Å². The van der Waals surface area contributed by atoms with E-state index in [0.717, 1.165) is 21.8 Å². The lowest BCUT2D eigenvalue weighted by atomic mass is 9.93. The second-order valence-corrected chi connectivity index (χ2v) is 8.23. The number of benzene rings is 1. The number of carbonyl (C=O) groups excluding carboxylic acids is 2. The van der Waals surface area contributed by atoms with Gasteiger partial charge in [-0.05, 0) is 36.6 Å². The third kappa shape index (κ3) is 5.96. The molecule has 3 N–H and O–H groups in total. The Morgan fingerprint density at radius 2 is 2.00 bits per heavy atom. The summed E-state index contributed by atoms with van der Waals surface area (Å²) in [6, 6.07) is 13.1. The molecule has 2 aromatic heterocycles. The molecule has 2 heterocycles. The molecule has 158 valence electrons. The molecule has 0 bridgehead atoms. The van der Waals surface area contributed by atoms with E-state index in [4.69, 9.17) is 11.0 Å². The molecule has 1 aromatic carbocycles. The summed E-state index contributed by atoms with van der Waals surface area (Å²) in [6.07, 6.45) is 4.06. The molecule has 7 nitrogen and oxygen atoms in total. The Bertz CT molecular complexity index is 1070. The van der Waals surface area contributed by atoms with Crippen LogP contribution in [0, 0.1) is 23.2 Å². The van der Waals surface area contributed by atoms with Crippen molar-refractivity contribution in [3.63, 3.8) is 0 Å². The van der Waals surface area contributed by atoms with Gasteiger partial charge in [0, 0.05) is 47.4 Å². The zero-order valence-electron chi connectivity index (χ0n) is 17.1. The Kier molecular flexibility index (Phi) is 7.46. The van der Waals surface area contributed by atoms with Gasteiger partial charge in [0.05, 0.1) is 17.7 Å². The Morgan fingerprint density at radius 3 is 2.65 bits per heavy atom. The number of thiazole rings is 1. The number of hydrogen-bond donors (Lipinski definition) is 2. The zero-order chi connectivity index (χ0) is 22.2. The molecule has 3 aromatic rings. The summed E-state index contributed by atoms with van der Waals surface area (Å²) in [6.45, 7) is 2.31. The fraction of sp³-hybridized carbons (Fsp3) is 0.261. The van der Waals surface area contributed by atoms with Gasteiger partial charge in [0.15, 0.2) is 0 Å². The van der Waals surface area contributed by atoms with Crippen LogP contribution in [-0.4, -0.2) is 28.3 Å². The number of primary amides is 1. The predicted molar refractivity (Wildman–Crippen MR) is 120 cm³/mol. The standard InChI is InChI=1S/C23H23N5O2S/c1-15(11-18(8-9-24)21(25)29)12-27-22(30)17-6-4-16(5-7-17)20-14-31-23(28-20)19-3-2-10-26-13-19/h2-7,10,13-15,18H,8,11-12H2,1H3,(H2,25,29)(H,27,30). The van der Waals surface area contributed by atoms with Crippen molar-refractivity contribution in [2.75, 3.05) is 6.54 Å². The minimum atomic E-state index is -0.495. The number of nitrogens with zero attached hydrogens (tertiary/aromatic N) is 3. The number of rotatable bonds is 9. The van der Waals surface area contributed by atoms with Crippen LogP contribution >= 0.6 is 11.3 Å². The highest BCUT2D eigenvalue weighted by Crippen LogP contribution is 2.28. The molecule has 0 saturated carbocycles. The molecule has 0 spiro atoms. The van der Waals surface area contributed by atoms with Crippen LogP contribution in [0.1, 0.15) is 30.1 Å².